The molecule has 1 spiro atoms. The van der Waals surface area contributed by atoms with Crippen LogP contribution in [0, 0.1) is 6.92 Å². The molecular formula is C26H29BN2O4S2. The molecular weight excluding hydrogens is 479 g/mol. The monoisotopic (exact) mass is 508 g/mol. The topological polar surface area (TPSA) is 96.0 Å². The lowest BCUT2D eigenvalue weighted by Gasteiger charge is -2.38. The molecule has 2 aliphatic heterocycles. The fraction of sp³-hybridized carbons (Fsp3) is 0.346. The summed E-state index contributed by atoms with van der Waals surface area (Å²) in [6.07, 6.45) is 3.73. The third kappa shape index (κ3) is 4.30. The highest BCUT2D eigenvalue weighted by atomic mass is 32.2. The smallest absolute Gasteiger partial charge is 0.488 e. The van der Waals surface area contributed by atoms with Gasteiger partial charge in [0, 0.05) is 36.2 Å². The molecule has 1 saturated heterocycles. The number of fused-ring (bicyclic) bond motifs is 2. The zero-order valence-corrected chi connectivity index (χ0v) is 21.5. The molecule has 0 saturated carbocycles. The van der Waals surface area contributed by atoms with E-state index in [1.165, 1.54) is 16.9 Å². The van der Waals surface area contributed by atoms with Gasteiger partial charge in [-0.1, -0.05) is 30.3 Å². The first-order valence-electron chi connectivity index (χ1n) is 11.8. The van der Waals surface area contributed by atoms with Gasteiger partial charge in [0.2, 0.25) is 0 Å². The Balaban J connectivity index is 1.37. The Hall–Kier alpha value is -2.30. The molecule has 4 N–H and O–H groups in total. The highest BCUT2D eigenvalue weighted by Gasteiger charge is 2.44. The summed E-state index contributed by atoms with van der Waals surface area (Å²) >= 11 is 3.11. The largest absolute Gasteiger partial charge is 0.492 e. The van der Waals surface area contributed by atoms with Gasteiger partial charge >= 0.3 is 7.12 Å². The number of carbonyl (C=O) groups excluding carboxylic acids is 1. The van der Waals surface area contributed by atoms with Crippen molar-refractivity contribution in [3.8, 4) is 16.9 Å². The number of thioether (sulfide) groups is 1. The second-order valence-corrected chi connectivity index (χ2v) is 11.4. The fourth-order valence-electron chi connectivity index (χ4n) is 5.29. The van der Waals surface area contributed by atoms with Gasteiger partial charge in [0.15, 0.2) is 0 Å². The second kappa shape index (κ2) is 9.63. The van der Waals surface area contributed by atoms with Crippen LogP contribution < -0.4 is 15.9 Å². The number of rotatable bonds is 5. The summed E-state index contributed by atoms with van der Waals surface area (Å²) < 4.78 is 7.05. The van der Waals surface area contributed by atoms with Crippen LogP contribution in [-0.2, 0) is 12.0 Å². The number of amides is 1. The summed E-state index contributed by atoms with van der Waals surface area (Å²) in [6.45, 7) is 4.41. The SMILES string of the molecule is CSc1sc(C(=O)N2CCC3(CC2)COc2ccc(CN)cc23)cc1-c1cccc(B(O)O)c1C. The van der Waals surface area contributed by atoms with E-state index in [-0.39, 0.29) is 11.3 Å². The van der Waals surface area contributed by atoms with Gasteiger partial charge in [-0.3, -0.25) is 4.79 Å². The van der Waals surface area contributed by atoms with Crippen LogP contribution in [-0.4, -0.2) is 53.9 Å². The molecule has 2 aliphatic rings. The predicted octanol–water partition coefficient (Wildman–Crippen LogP) is 3.15. The molecule has 35 heavy (non-hydrogen) atoms. The number of hydrogen-bond acceptors (Lipinski definition) is 7. The molecule has 0 unspecified atom stereocenters. The summed E-state index contributed by atoms with van der Waals surface area (Å²) in [5.74, 6) is 0.998. The van der Waals surface area contributed by atoms with Crippen molar-refractivity contribution in [2.45, 2.75) is 35.9 Å². The minimum Gasteiger partial charge on any atom is -0.492 e. The first-order valence-corrected chi connectivity index (χ1v) is 13.8. The van der Waals surface area contributed by atoms with Gasteiger partial charge in [0.05, 0.1) is 15.7 Å². The van der Waals surface area contributed by atoms with E-state index < -0.39 is 7.12 Å². The normalized spacial score (nSPS) is 16.3. The molecule has 3 aromatic rings. The zero-order valence-electron chi connectivity index (χ0n) is 19.9. The third-order valence-corrected chi connectivity index (χ3v) is 9.66. The summed E-state index contributed by atoms with van der Waals surface area (Å²) in [6, 6.07) is 13.7. The van der Waals surface area contributed by atoms with Gasteiger partial charge in [0.1, 0.15) is 5.75 Å². The van der Waals surface area contributed by atoms with Crippen LogP contribution in [0.15, 0.2) is 46.7 Å². The van der Waals surface area contributed by atoms with E-state index in [4.69, 9.17) is 10.5 Å². The lowest BCUT2D eigenvalue weighted by atomic mass is 9.74. The minimum absolute atomic E-state index is 0.0506. The van der Waals surface area contributed by atoms with Gasteiger partial charge in [0.25, 0.3) is 5.91 Å². The number of nitrogens with two attached hydrogens (primary N) is 1. The molecule has 6 nitrogen and oxygen atoms in total. The van der Waals surface area contributed by atoms with E-state index in [0.29, 0.717) is 36.6 Å². The Labute approximate surface area is 214 Å². The Kier molecular flexibility index (Phi) is 6.72. The zero-order chi connectivity index (χ0) is 24.7. The van der Waals surface area contributed by atoms with Crippen LogP contribution in [0.2, 0.25) is 0 Å². The maximum absolute atomic E-state index is 13.5. The number of likely N-dealkylation sites (tertiary alicyclic amines) is 1. The third-order valence-electron chi connectivity index (χ3n) is 7.40. The average molecular weight is 508 g/mol. The highest BCUT2D eigenvalue weighted by Crippen LogP contribution is 2.46. The van der Waals surface area contributed by atoms with Crippen molar-refractivity contribution >= 4 is 41.6 Å². The molecule has 3 heterocycles. The first-order chi connectivity index (χ1) is 16.9. The quantitative estimate of drug-likeness (QED) is 0.362. The number of carbonyl (C=O) groups is 1. The Morgan fingerprint density at radius 1 is 1.20 bits per heavy atom. The van der Waals surface area contributed by atoms with E-state index >= 15 is 0 Å². The molecule has 1 fully saturated rings. The molecule has 1 aromatic heterocycles. The average Bonchev–Trinajstić information content (AvgIpc) is 3.46. The summed E-state index contributed by atoms with van der Waals surface area (Å²) in [4.78, 5) is 16.2. The van der Waals surface area contributed by atoms with Crippen molar-refractivity contribution in [2.24, 2.45) is 5.73 Å². The van der Waals surface area contributed by atoms with Crippen LogP contribution in [0.4, 0.5) is 0 Å². The van der Waals surface area contributed by atoms with E-state index in [1.54, 1.807) is 17.8 Å². The Morgan fingerprint density at radius 3 is 2.66 bits per heavy atom. The van der Waals surface area contributed by atoms with Crippen molar-refractivity contribution in [3.05, 3.63) is 64.0 Å². The molecule has 1 amide bonds. The van der Waals surface area contributed by atoms with Crippen LogP contribution in [0.1, 0.15) is 39.2 Å². The lowest BCUT2D eigenvalue weighted by molar-refractivity contribution is 0.0651. The van der Waals surface area contributed by atoms with Gasteiger partial charge in [-0.25, -0.2) is 0 Å². The lowest BCUT2D eigenvalue weighted by Crippen LogP contribution is -2.45. The van der Waals surface area contributed by atoms with Crippen molar-refractivity contribution in [3.63, 3.8) is 0 Å². The van der Waals surface area contributed by atoms with Crippen LogP contribution in [0.3, 0.4) is 0 Å². The van der Waals surface area contributed by atoms with Crippen molar-refractivity contribution < 1.29 is 19.6 Å². The minimum atomic E-state index is -1.53. The van der Waals surface area contributed by atoms with Crippen molar-refractivity contribution in [1.82, 2.24) is 4.90 Å². The maximum atomic E-state index is 13.5. The first kappa shape index (κ1) is 24.4. The molecule has 0 radical (unpaired) electrons. The number of hydrogen-bond donors (Lipinski definition) is 3. The standard InChI is InChI=1S/C26H29BN2O4S2/c1-16-18(4-3-5-21(16)27(31)32)19-13-23(35-25(19)34-2)24(30)29-10-8-26(9-11-29)15-33-22-7-6-17(14-28)12-20(22)26/h3-7,12-13,31-32H,8-11,14-15,28H2,1-2H3. The fourth-order valence-corrected chi connectivity index (χ4v) is 7.15. The van der Waals surface area contributed by atoms with E-state index in [2.05, 4.69) is 6.07 Å². The number of nitrogens with zero attached hydrogens (tertiary/aromatic N) is 1. The highest BCUT2D eigenvalue weighted by molar-refractivity contribution is 8.00. The number of thiophene rings is 1. The molecule has 5 rings (SSSR count). The Bertz CT molecular complexity index is 1270. The molecule has 0 aliphatic carbocycles. The van der Waals surface area contributed by atoms with Crippen LogP contribution in [0.5, 0.6) is 5.75 Å². The van der Waals surface area contributed by atoms with Gasteiger partial charge in [-0.15, -0.1) is 23.1 Å². The summed E-state index contributed by atoms with van der Waals surface area (Å²) in [5.41, 5.74) is 11.3. The predicted molar refractivity (Wildman–Crippen MR) is 143 cm³/mol. The number of benzene rings is 2. The van der Waals surface area contributed by atoms with Gasteiger partial charge in [-0.05, 0) is 60.3 Å². The molecule has 2 aromatic carbocycles. The molecule has 182 valence electrons. The van der Waals surface area contributed by atoms with Crippen LogP contribution in [0.25, 0.3) is 11.1 Å². The summed E-state index contributed by atoms with van der Waals surface area (Å²) in [5, 5.41) is 19.4. The number of piperidine rings is 1. The maximum Gasteiger partial charge on any atom is 0.488 e. The van der Waals surface area contributed by atoms with Crippen molar-refractivity contribution in [1.29, 1.82) is 0 Å². The van der Waals surface area contributed by atoms with Crippen LogP contribution >= 0.6 is 23.1 Å². The van der Waals surface area contributed by atoms with E-state index in [9.17, 15) is 14.8 Å². The van der Waals surface area contributed by atoms with E-state index in [1.807, 2.05) is 48.4 Å². The van der Waals surface area contributed by atoms with Gasteiger partial charge in [-0.2, -0.15) is 0 Å². The van der Waals surface area contributed by atoms with Gasteiger partial charge < -0.3 is 25.4 Å². The number of ether oxygens (including phenoxy) is 1. The second-order valence-electron chi connectivity index (χ2n) is 9.31. The Morgan fingerprint density at radius 2 is 1.97 bits per heavy atom. The molecule has 9 heteroatoms. The van der Waals surface area contributed by atoms with Crippen molar-refractivity contribution in [2.75, 3.05) is 26.0 Å². The molecule has 0 atom stereocenters. The summed E-state index contributed by atoms with van der Waals surface area (Å²) in [7, 11) is -1.53. The van der Waals surface area contributed by atoms with E-state index in [0.717, 1.165) is 45.1 Å². The molecule has 0 bridgehead atoms.